The Bertz CT molecular complexity index is 1610. The van der Waals surface area contributed by atoms with Crippen molar-refractivity contribution in [2.75, 3.05) is 32.8 Å². The van der Waals surface area contributed by atoms with Gasteiger partial charge in [0, 0.05) is 50.5 Å². The van der Waals surface area contributed by atoms with E-state index < -0.39 is 5.41 Å². The lowest BCUT2D eigenvalue weighted by Crippen LogP contribution is -2.45. The Morgan fingerprint density at radius 3 is 2.30 bits per heavy atom. The second kappa shape index (κ2) is 12.7. The van der Waals surface area contributed by atoms with Crippen LogP contribution in [0.15, 0.2) is 79.1 Å². The number of carbonyl (C=O) groups is 2. The highest BCUT2D eigenvalue weighted by Crippen LogP contribution is 2.35. The van der Waals surface area contributed by atoms with E-state index in [0.29, 0.717) is 67.8 Å². The molecule has 6 rings (SSSR count). The molecule has 2 fully saturated rings. The van der Waals surface area contributed by atoms with Crippen LogP contribution in [0.2, 0.25) is 0 Å². The minimum Gasteiger partial charge on any atom is -0.494 e. The van der Waals surface area contributed by atoms with Gasteiger partial charge in [-0.2, -0.15) is 5.26 Å². The fraction of sp³-hybridized carbons (Fsp3) is 0.371. The van der Waals surface area contributed by atoms with Crippen LogP contribution in [0.25, 0.3) is 10.9 Å². The molecule has 2 aromatic heterocycles. The molecule has 8 nitrogen and oxygen atoms in total. The number of nitriles is 1. The number of aryl methyl sites for hydroxylation is 1. The minimum absolute atomic E-state index is 0.0721. The molecule has 220 valence electrons. The lowest BCUT2D eigenvalue weighted by atomic mass is 9.74. The van der Waals surface area contributed by atoms with Crippen LogP contribution in [-0.2, 0) is 12.0 Å². The Morgan fingerprint density at radius 2 is 1.58 bits per heavy atom. The number of fused-ring (bicyclic) bond motifs is 1. The van der Waals surface area contributed by atoms with Crippen LogP contribution in [0, 0.1) is 11.3 Å². The molecule has 2 aromatic carbocycles. The number of hydrogen-bond acceptors (Lipinski definition) is 5. The minimum atomic E-state index is -0.609. The summed E-state index contributed by atoms with van der Waals surface area (Å²) in [5.74, 6) is 0.398. The molecule has 2 aliphatic heterocycles. The third-order valence-corrected chi connectivity index (χ3v) is 8.81. The van der Waals surface area contributed by atoms with E-state index in [0.717, 1.165) is 37.8 Å². The monoisotopic (exact) mass is 575 g/mol. The van der Waals surface area contributed by atoms with E-state index in [1.807, 2.05) is 78.0 Å². The molecule has 8 heteroatoms. The van der Waals surface area contributed by atoms with Gasteiger partial charge in [0.25, 0.3) is 11.8 Å². The SMILES string of the molecule is N#CC1(c2ccccc2)CCN(C(=O)c2cc(C(=O)N3CCCCC3)c3cc(OCCCn4cccc4)ccc3n2)CC1. The Balaban J connectivity index is 1.24. The molecule has 0 spiro atoms. The van der Waals surface area contributed by atoms with Crippen LogP contribution >= 0.6 is 0 Å². The number of piperidine rings is 2. The first-order chi connectivity index (χ1) is 21.1. The summed E-state index contributed by atoms with van der Waals surface area (Å²) in [5, 5.41) is 10.8. The summed E-state index contributed by atoms with van der Waals surface area (Å²) in [7, 11) is 0. The van der Waals surface area contributed by atoms with Gasteiger partial charge < -0.3 is 19.1 Å². The van der Waals surface area contributed by atoms with Gasteiger partial charge in [-0.25, -0.2) is 4.98 Å². The Morgan fingerprint density at radius 1 is 0.860 bits per heavy atom. The van der Waals surface area contributed by atoms with Gasteiger partial charge >= 0.3 is 0 Å². The normalized spacial score (nSPS) is 16.5. The second-order valence-electron chi connectivity index (χ2n) is 11.6. The van der Waals surface area contributed by atoms with E-state index >= 15 is 0 Å². The fourth-order valence-corrected chi connectivity index (χ4v) is 6.28. The first-order valence-electron chi connectivity index (χ1n) is 15.3. The summed E-state index contributed by atoms with van der Waals surface area (Å²) in [4.78, 5) is 36.0. The fourth-order valence-electron chi connectivity index (χ4n) is 6.28. The average molecular weight is 576 g/mol. The largest absolute Gasteiger partial charge is 0.494 e. The van der Waals surface area contributed by atoms with Gasteiger partial charge in [0.05, 0.1) is 29.2 Å². The maximum atomic E-state index is 13.8. The van der Waals surface area contributed by atoms with E-state index in [1.165, 1.54) is 0 Å². The van der Waals surface area contributed by atoms with Crippen LogP contribution in [-0.4, -0.2) is 64.0 Å². The standard InChI is InChI=1S/C35H37N5O3/c36-26-35(27-10-3-1-4-11-27)14-21-40(22-15-35)34(42)32-25-30(33(41)39-19-5-2-6-20-39)29-24-28(12-13-31(29)37-32)43-23-9-18-38-16-7-8-17-38/h1,3-4,7-8,10-13,16-17,24-25H,2,5-6,9,14-15,18-23H2. The second-order valence-corrected chi connectivity index (χ2v) is 11.6. The van der Waals surface area contributed by atoms with Gasteiger partial charge in [-0.05, 0) is 80.5 Å². The third kappa shape index (κ3) is 6.12. The lowest BCUT2D eigenvalue weighted by Gasteiger charge is -2.37. The van der Waals surface area contributed by atoms with Gasteiger partial charge in [0.2, 0.25) is 0 Å². The highest BCUT2D eigenvalue weighted by Gasteiger charge is 2.38. The molecule has 0 saturated carbocycles. The van der Waals surface area contributed by atoms with Crippen LogP contribution in [0.5, 0.6) is 5.75 Å². The van der Waals surface area contributed by atoms with Gasteiger partial charge in [-0.1, -0.05) is 30.3 Å². The summed E-state index contributed by atoms with van der Waals surface area (Å²) < 4.78 is 8.18. The smallest absolute Gasteiger partial charge is 0.272 e. The Hall–Kier alpha value is -4.64. The van der Waals surface area contributed by atoms with E-state index in [2.05, 4.69) is 10.6 Å². The maximum absolute atomic E-state index is 13.8. The molecule has 0 aliphatic carbocycles. The number of amides is 2. The Kier molecular flexibility index (Phi) is 8.41. The van der Waals surface area contributed by atoms with Crippen molar-refractivity contribution in [2.45, 2.75) is 50.5 Å². The predicted octanol–water partition coefficient (Wildman–Crippen LogP) is 5.83. The predicted molar refractivity (Wildman–Crippen MR) is 165 cm³/mol. The summed E-state index contributed by atoms with van der Waals surface area (Å²) in [6, 6.07) is 23.6. The summed E-state index contributed by atoms with van der Waals surface area (Å²) in [6.07, 6.45) is 9.10. The van der Waals surface area contributed by atoms with Crippen molar-refractivity contribution in [3.63, 3.8) is 0 Å². The Labute approximate surface area is 252 Å². The number of hydrogen-bond donors (Lipinski definition) is 0. The zero-order valence-electron chi connectivity index (χ0n) is 24.5. The highest BCUT2D eigenvalue weighted by atomic mass is 16.5. The van der Waals surface area contributed by atoms with E-state index in [1.54, 1.807) is 11.0 Å². The number of pyridine rings is 1. The van der Waals surface area contributed by atoms with Crippen molar-refractivity contribution in [2.24, 2.45) is 0 Å². The topological polar surface area (TPSA) is 91.5 Å². The van der Waals surface area contributed by atoms with E-state index in [-0.39, 0.29) is 17.5 Å². The van der Waals surface area contributed by atoms with Crippen molar-refractivity contribution >= 4 is 22.7 Å². The van der Waals surface area contributed by atoms with Crippen LogP contribution < -0.4 is 4.74 Å². The average Bonchev–Trinajstić information content (AvgIpc) is 3.60. The number of aromatic nitrogens is 2. The molecule has 4 aromatic rings. The van der Waals surface area contributed by atoms with Gasteiger partial charge in [0.1, 0.15) is 11.4 Å². The summed E-state index contributed by atoms with van der Waals surface area (Å²) in [5.41, 5.74) is 1.73. The number of benzene rings is 2. The maximum Gasteiger partial charge on any atom is 0.272 e. The highest BCUT2D eigenvalue weighted by molar-refractivity contribution is 6.09. The zero-order chi connectivity index (χ0) is 29.6. The molecule has 2 amide bonds. The summed E-state index contributed by atoms with van der Waals surface area (Å²) >= 11 is 0. The van der Waals surface area contributed by atoms with Gasteiger partial charge in [-0.3, -0.25) is 9.59 Å². The molecular weight excluding hydrogens is 538 g/mol. The molecule has 2 saturated heterocycles. The lowest BCUT2D eigenvalue weighted by molar-refractivity contribution is 0.0686. The molecule has 0 atom stereocenters. The van der Waals surface area contributed by atoms with Crippen molar-refractivity contribution in [3.05, 3.63) is 95.9 Å². The van der Waals surface area contributed by atoms with Crippen molar-refractivity contribution < 1.29 is 14.3 Å². The number of ether oxygens (including phenoxy) is 1. The van der Waals surface area contributed by atoms with E-state index in [9.17, 15) is 14.9 Å². The molecule has 2 aliphatic rings. The molecule has 0 unspecified atom stereocenters. The van der Waals surface area contributed by atoms with Crippen LogP contribution in [0.4, 0.5) is 0 Å². The molecule has 0 N–H and O–H groups in total. The van der Waals surface area contributed by atoms with Crippen molar-refractivity contribution in [1.29, 1.82) is 5.26 Å². The molecule has 43 heavy (non-hydrogen) atoms. The first kappa shape index (κ1) is 28.5. The number of rotatable bonds is 8. The summed E-state index contributed by atoms with van der Waals surface area (Å²) in [6.45, 7) is 3.74. The zero-order valence-corrected chi connectivity index (χ0v) is 24.5. The van der Waals surface area contributed by atoms with E-state index in [4.69, 9.17) is 9.72 Å². The third-order valence-electron chi connectivity index (χ3n) is 8.81. The first-order valence-corrected chi connectivity index (χ1v) is 15.3. The quantitative estimate of drug-likeness (QED) is 0.247. The van der Waals surface area contributed by atoms with Crippen LogP contribution in [0.1, 0.15) is 64.9 Å². The molecule has 0 radical (unpaired) electrons. The van der Waals surface area contributed by atoms with Crippen molar-refractivity contribution in [3.8, 4) is 11.8 Å². The molecular formula is C35H37N5O3. The van der Waals surface area contributed by atoms with Gasteiger partial charge in [-0.15, -0.1) is 0 Å². The molecule has 0 bridgehead atoms. The van der Waals surface area contributed by atoms with Crippen molar-refractivity contribution in [1.82, 2.24) is 19.4 Å². The number of likely N-dealkylation sites (tertiary alicyclic amines) is 2. The van der Waals surface area contributed by atoms with Gasteiger partial charge in [0.15, 0.2) is 0 Å². The van der Waals surface area contributed by atoms with Crippen LogP contribution in [0.3, 0.4) is 0 Å². The number of nitrogens with zero attached hydrogens (tertiary/aromatic N) is 5. The molecule has 4 heterocycles. The number of carbonyl (C=O) groups excluding carboxylic acids is 2.